The largest absolute Gasteiger partial charge is 0.507 e. The van der Waals surface area contributed by atoms with Gasteiger partial charge in [0.15, 0.2) is 0 Å². The van der Waals surface area contributed by atoms with Crippen LogP contribution in [0.25, 0.3) is 65.2 Å². The summed E-state index contributed by atoms with van der Waals surface area (Å²) in [5.41, 5.74) is 11.1. The summed E-state index contributed by atoms with van der Waals surface area (Å²) in [5.74, 6) is 0.210. The molecular formula is C44H41N2OPtS-. The van der Waals surface area contributed by atoms with E-state index in [0.717, 1.165) is 49.4 Å². The van der Waals surface area contributed by atoms with Crippen molar-refractivity contribution in [1.29, 1.82) is 0 Å². The average molecular weight is 841 g/mol. The van der Waals surface area contributed by atoms with Crippen LogP contribution in [0.15, 0.2) is 97.1 Å². The third-order valence-electron chi connectivity index (χ3n) is 9.11. The third kappa shape index (κ3) is 6.74. The molecule has 1 N–H and O–H groups in total. The van der Waals surface area contributed by atoms with Crippen LogP contribution in [-0.2, 0) is 31.9 Å². The zero-order valence-corrected chi connectivity index (χ0v) is 32.4. The topological polar surface area (TPSA) is 46.0 Å². The summed E-state index contributed by atoms with van der Waals surface area (Å²) in [4.78, 5) is 11.7. The molecule has 4 aromatic carbocycles. The first-order valence-electron chi connectivity index (χ1n) is 16.6. The van der Waals surface area contributed by atoms with Crippen molar-refractivity contribution in [2.24, 2.45) is 0 Å². The molecule has 0 saturated heterocycles. The van der Waals surface area contributed by atoms with E-state index in [-0.39, 0.29) is 37.6 Å². The number of phenols is 1. The SMILES string of the molecule is Cc1cc(-c2cc3cc(-c4ccc(C(C)(C)C)cc4C)sc3c(-c3[c-]c4ccccc4c(C(C)(C)C)c3)n2)nc(-c2ccccc2O)c1.[Pt]. The minimum absolute atomic E-state index is 0. The number of pyridine rings is 2. The van der Waals surface area contributed by atoms with Gasteiger partial charge in [0.25, 0.3) is 0 Å². The van der Waals surface area contributed by atoms with Crippen LogP contribution in [0, 0.1) is 19.9 Å². The zero-order chi connectivity index (χ0) is 34.0. The van der Waals surface area contributed by atoms with E-state index in [1.807, 2.05) is 24.3 Å². The van der Waals surface area contributed by atoms with Crippen molar-refractivity contribution in [3.63, 3.8) is 0 Å². The molecule has 0 fully saturated rings. The quantitative estimate of drug-likeness (QED) is 0.180. The van der Waals surface area contributed by atoms with Crippen molar-refractivity contribution in [2.75, 3.05) is 0 Å². The summed E-state index contributed by atoms with van der Waals surface area (Å²) < 4.78 is 1.13. The molecule has 0 unspecified atom stereocenters. The Morgan fingerprint density at radius 3 is 2.08 bits per heavy atom. The first kappa shape index (κ1) is 34.7. The molecule has 7 aromatic rings. The molecule has 0 aliphatic heterocycles. The number of benzene rings is 4. The number of hydrogen-bond acceptors (Lipinski definition) is 4. The van der Waals surface area contributed by atoms with Gasteiger partial charge in [-0.3, -0.25) is 4.98 Å². The van der Waals surface area contributed by atoms with Crippen LogP contribution in [0.5, 0.6) is 5.75 Å². The number of aromatic nitrogens is 2. The molecule has 3 aromatic heterocycles. The van der Waals surface area contributed by atoms with Gasteiger partial charge >= 0.3 is 0 Å². The Hall–Kier alpha value is -4.11. The summed E-state index contributed by atoms with van der Waals surface area (Å²) in [7, 11) is 0. The molecular weight excluding hydrogens is 800 g/mol. The summed E-state index contributed by atoms with van der Waals surface area (Å²) in [6, 6.07) is 37.4. The average Bonchev–Trinajstić information content (AvgIpc) is 3.47. The van der Waals surface area contributed by atoms with E-state index in [4.69, 9.17) is 9.97 Å². The van der Waals surface area contributed by atoms with E-state index in [0.29, 0.717) is 5.56 Å². The molecule has 0 radical (unpaired) electrons. The van der Waals surface area contributed by atoms with E-state index in [1.54, 1.807) is 17.4 Å². The molecule has 3 heterocycles. The number of hydrogen-bond donors (Lipinski definition) is 1. The van der Waals surface area contributed by atoms with Crippen molar-refractivity contribution in [3.8, 4) is 50.1 Å². The van der Waals surface area contributed by atoms with Crippen molar-refractivity contribution in [2.45, 2.75) is 66.2 Å². The summed E-state index contributed by atoms with van der Waals surface area (Å²) >= 11 is 1.79. The van der Waals surface area contributed by atoms with E-state index >= 15 is 0 Å². The molecule has 49 heavy (non-hydrogen) atoms. The fourth-order valence-electron chi connectivity index (χ4n) is 6.51. The smallest absolute Gasteiger partial charge is 0.124 e. The van der Waals surface area contributed by atoms with Crippen LogP contribution in [0.1, 0.15) is 63.8 Å². The Balaban J connectivity index is 0.00000417. The number of fused-ring (bicyclic) bond motifs is 2. The fourth-order valence-corrected chi connectivity index (χ4v) is 7.74. The van der Waals surface area contributed by atoms with Gasteiger partial charge in [-0.1, -0.05) is 101 Å². The molecule has 0 aliphatic carbocycles. The van der Waals surface area contributed by atoms with Gasteiger partial charge in [-0.05, 0) is 88.7 Å². The van der Waals surface area contributed by atoms with Crippen molar-refractivity contribution < 1.29 is 26.2 Å². The first-order valence-corrected chi connectivity index (χ1v) is 17.4. The second-order valence-electron chi connectivity index (χ2n) is 15.0. The molecule has 0 bridgehead atoms. The Bertz CT molecular complexity index is 2360. The van der Waals surface area contributed by atoms with Crippen LogP contribution in [0.2, 0.25) is 0 Å². The number of rotatable bonds is 4. The van der Waals surface area contributed by atoms with Gasteiger partial charge in [0, 0.05) is 41.9 Å². The van der Waals surface area contributed by atoms with Gasteiger partial charge in [-0.2, -0.15) is 0 Å². The number of aromatic hydroxyl groups is 1. The van der Waals surface area contributed by atoms with Crippen molar-refractivity contribution >= 4 is 32.2 Å². The summed E-state index contributed by atoms with van der Waals surface area (Å²) in [6.07, 6.45) is 0. The van der Waals surface area contributed by atoms with Crippen molar-refractivity contribution in [3.05, 3.63) is 125 Å². The standard InChI is InChI=1S/C44H41N2OS.Pt/c1-26-19-36(34-15-11-12-16-39(34)47)45-37(20-26)38-24-30-25-40(32-18-17-31(21-27(32)2)43(3,4)5)48-42(30)41(46-38)29-22-28-13-9-10-14-33(28)35(23-29)44(6,7)8;/h9-21,23-25,47H,1-8H3;/q-1;. The fraction of sp³-hybridized carbons (Fsp3) is 0.227. The number of aryl methyl sites for hydroxylation is 2. The number of para-hydroxylation sites is 1. The molecule has 0 atom stereocenters. The van der Waals surface area contributed by atoms with E-state index < -0.39 is 0 Å². The number of phenolic OH excluding ortho intramolecular Hbond substituents is 1. The van der Waals surface area contributed by atoms with E-state index in [9.17, 15) is 5.11 Å². The molecule has 0 spiro atoms. The molecule has 250 valence electrons. The second kappa shape index (κ2) is 13.0. The molecule has 0 aliphatic rings. The maximum absolute atomic E-state index is 10.7. The minimum atomic E-state index is -0.0720. The summed E-state index contributed by atoms with van der Waals surface area (Å²) in [6.45, 7) is 17.9. The van der Waals surface area contributed by atoms with Gasteiger partial charge < -0.3 is 5.11 Å². The van der Waals surface area contributed by atoms with Crippen LogP contribution < -0.4 is 0 Å². The maximum Gasteiger partial charge on any atom is 0.124 e. The third-order valence-corrected chi connectivity index (χ3v) is 10.3. The van der Waals surface area contributed by atoms with Gasteiger partial charge in [0.05, 0.1) is 17.1 Å². The maximum atomic E-state index is 10.7. The Labute approximate surface area is 308 Å². The van der Waals surface area contributed by atoms with Gasteiger partial charge in [-0.15, -0.1) is 40.5 Å². The van der Waals surface area contributed by atoms with Crippen LogP contribution in [-0.4, -0.2) is 15.1 Å². The van der Waals surface area contributed by atoms with Crippen LogP contribution in [0.4, 0.5) is 0 Å². The normalized spacial score (nSPS) is 12.0. The second-order valence-corrected chi connectivity index (χ2v) is 16.0. The number of nitrogens with zero attached hydrogens (tertiary/aromatic N) is 2. The van der Waals surface area contributed by atoms with Crippen LogP contribution in [0.3, 0.4) is 0 Å². The number of thiophene rings is 1. The summed E-state index contributed by atoms with van der Waals surface area (Å²) in [5, 5.41) is 14.1. The van der Waals surface area contributed by atoms with Crippen LogP contribution >= 0.6 is 11.3 Å². The predicted molar refractivity (Wildman–Crippen MR) is 204 cm³/mol. The Morgan fingerprint density at radius 1 is 0.673 bits per heavy atom. The zero-order valence-electron chi connectivity index (χ0n) is 29.3. The molecule has 3 nitrogen and oxygen atoms in total. The Morgan fingerprint density at radius 2 is 1.37 bits per heavy atom. The van der Waals surface area contributed by atoms with Gasteiger partial charge in [-0.25, -0.2) is 4.98 Å². The molecule has 5 heteroatoms. The molecule has 7 rings (SSSR count). The van der Waals surface area contributed by atoms with Gasteiger partial charge in [0.1, 0.15) is 5.75 Å². The van der Waals surface area contributed by atoms with Gasteiger partial charge in [0.2, 0.25) is 0 Å². The monoisotopic (exact) mass is 840 g/mol. The van der Waals surface area contributed by atoms with Crippen molar-refractivity contribution in [1.82, 2.24) is 9.97 Å². The molecule has 0 saturated carbocycles. The van der Waals surface area contributed by atoms with E-state index in [2.05, 4.69) is 128 Å². The first-order chi connectivity index (χ1) is 22.8. The molecule has 0 amide bonds. The van der Waals surface area contributed by atoms with E-state index in [1.165, 1.54) is 32.5 Å². The predicted octanol–water partition coefficient (Wildman–Crippen LogP) is 12.2. The minimum Gasteiger partial charge on any atom is -0.507 e. The Kier molecular flexibility index (Phi) is 9.20.